The highest BCUT2D eigenvalue weighted by Crippen LogP contribution is 2.34. The molecule has 3 rings (SSSR count). The summed E-state index contributed by atoms with van der Waals surface area (Å²) in [5.41, 5.74) is 1.81. The Labute approximate surface area is 193 Å². The Morgan fingerprint density at radius 2 is 1.97 bits per heavy atom. The SMILES string of the molecule is CCCCCCCN1CC[C@@H](CCC(O)c2ccnc3ccc(OC)cc23)[C@@H](CCO)C1. The molecule has 2 N–H and O–H groups in total. The minimum Gasteiger partial charge on any atom is -0.497 e. The molecule has 178 valence electrons. The zero-order chi connectivity index (χ0) is 22.8. The van der Waals surface area contributed by atoms with Crippen molar-refractivity contribution in [2.75, 3.05) is 33.4 Å². The van der Waals surface area contributed by atoms with E-state index in [1.54, 1.807) is 13.3 Å². The third-order valence-electron chi connectivity index (χ3n) is 7.21. The molecule has 0 spiro atoms. The van der Waals surface area contributed by atoms with Crippen LogP contribution in [0.5, 0.6) is 5.75 Å². The van der Waals surface area contributed by atoms with Gasteiger partial charge in [-0.05, 0) is 86.9 Å². The largest absolute Gasteiger partial charge is 0.497 e. The van der Waals surface area contributed by atoms with Gasteiger partial charge >= 0.3 is 0 Å². The van der Waals surface area contributed by atoms with Crippen molar-refractivity contribution in [1.29, 1.82) is 0 Å². The van der Waals surface area contributed by atoms with E-state index in [1.165, 1.54) is 38.6 Å². The van der Waals surface area contributed by atoms with E-state index >= 15 is 0 Å². The Morgan fingerprint density at radius 3 is 2.75 bits per heavy atom. The van der Waals surface area contributed by atoms with Crippen molar-refractivity contribution < 1.29 is 14.9 Å². The minimum absolute atomic E-state index is 0.253. The van der Waals surface area contributed by atoms with Crippen LogP contribution in [-0.4, -0.2) is 53.4 Å². The number of rotatable bonds is 13. The van der Waals surface area contributed by atoms with E-state index in [2.05, 4.69) is 16.8 Å². The summed E-state index contributed by atoms with van der Waals surface area (Å²) in [5.74, 6) is 1.87. The van der Waals surface area contributed by atoms with Gasteiger partial charge in [-0.2, -0.15) is 0 Å². The molecule has 1 saturated heterocycles. The monoisotopic (exact) mass is 442 g/mol. The first kappa shape index (κ1) is 24.9. The average molecular weight is 443 g/mol. The van der Waals surface area contributed by atoms with Crippen molar-refractivity contribution >= 4 is 10.9 Å². The Morgan fingerprint density at radius 1 is 1.12 bits per heavy atom. The maximum atomic E-state index is 11.0. The lowest BCUT2D eigenvalue weighted by Gasteiger charge is -2.39. The number of methoxy groups -OCH3 is 1. The predicted octanol–water partition coefficient (Wildman–Crippen LogP) is 5.35. The van der Waals surface area contributed by atoms with E-state index < -0.39 is 6.10 Å². The highest BCUT2D eigenvalue weighted by molar-refractivity contribution is 5.83. The van der Waals surface area contributed by atoms with Crippen LogP contribution in [0.25, 0.3) is 10.9 Å². The third-order valence-corrected chi connectivity index (χ3v) is 7.21. The summed E-state index contributed by atoms with van der Waals surface area (Å²) >= 11 is 0. The highest BCUT2D eigenvalue weighted by Gasteiger charge is 2.29. The highest BCUT2D eigenvalue weighted by atomic mass is 16.5. The van der Waals surface area contributed by atoms with Crippen LogP contribution in [-0.2, 0) is 0 Å². The van der Waals surface area contributed by atoms with Crippen LogP contribution >= 0.6 is 0 Å². The molecule has 0 amide bonds. The van der Waals surface area contributed by atoms with Gasteiger partial charge in [0.15, 0.2) is 0 Å². The lowest BCUT2D eigenvalue weighted by molar-refractivity contribution is 0.0773. The lowest BCUT2D eigenvalue weighted by Crippen LogP contribution is -2.41. The number of aliphatic hydroxyl groups is 2. The number of aromatic nitrogens is 1. The Balaban J connectivity index is 1.55. The van der Waals surface area contributed by atoms with Crippen molar-refractivity contribution in [3.05, 3.63) is 36.0 Å². The molecule has 5 nitrogen and oxygen atoms in total. The standard InChI is InChI=1S/C27H42N2O3/c1-3-4-5-6-7-16-29-17-13-21(22(20-29)14-18-30)8-11-27(31)24-12-15-28-26-10-9-23(32-2)19-25(24)26/h9-10,12,15,19,21-22,27,30-31H,3-8,11,13-14,16-18,20H2,1-2H3/t21-,22+,27?/m1/s1. The number of likely N-dealkylation sites (tertiary alicyclic amines) is 1. The van der Waals surface area contributed by atoms with E-state index in [0.717, 1.165) is 61.0 Å². The van der Waals surface area contributed by atoms with Gasteiger partial charge in [0.2, 0.25) is 0 Å². The molecule has 1 aromatic carbocycles. The topological polar surface area (TPSA) is 65.8 Å². The Hall–Kier alpha value is -1.69. The fourth-order valence-electron chi connectivity index (χ4n) is 5.26. The Bertz CT molecular complexity index is 813. The molecule has 2 aromatic rings. The second-order valence-corrected chi connectivity index (χ2v) is 9.41. The number of piperidine rings is 1. The second kappa shape index (κ2) is 13.1. The van der Waals surface area contributed by atoms with Crippen LogP contribution in [0, 0.1) is 11.8 Å². The fraction of sp³-hybridized carbons (Fsp3) is 0.667. The molecule has 1 unspecified atom stereocenters. The van der Waals surface area contributed by atoms with Crippen LogP contribution in [0.15, 0.2) is 30.5 Å². The maximum Gasteiger partial charge on any atom is 0.119 e. The van der Waals surface area contributed by atoms with Crippen molar-refractivity contribution in [3.8, 4) is 5.75 Å². The molecule has 5 heteroatoms. The van der Waals surface area contributed by atoms with Gasteiger partial charge in [0.1, 0.15) is 5.75 Å². The van der Waals surface area contributed by atoms with Gasteiger partial charge in [0.25, 0.3) is 0 Å². The van der Waals surface area contributed by atoms with E-state index in [4.69, 9.17) is 4.74 Å². The normalized spacial score (nSPS) is 20.5. The van der Waals surface area contributed by atoms with Gasteiger partial charge in [-0.3, -0.25) is 4.98 Å². The van der Waals surface area contributed by atoms with Crippen molar-refractivity contribution in [2.45, 2.75) is 70.8 Å². The zero-order valence-corrected chi connectivity index (χ0v) is 20.0. The maximum absolute atomic E-state index is 11.0. The molecule has 0 saturated carbocycles. The van der Waals surface area contributed by atoms with Gasteiger partial charge in [-0.15, -0.1) is 0 Å². The van der Waals surface area contributed by atoms with Gasteiger partial charge in [0, 0.05) is 24.7 Å². The quantitative estimate of drug-likeness (QED) is 0.410. The first-order valence-corrected chi connectivity index (χ1v) is 12.6. The number of hydrogen-bond acceptors (Lipinski definition) is 5. The van der Waals surface area contributed by atoms with Crippen LogP contribution < -0.4 is 4.74 Å². The van der Waals surface area contributed by atoms with Gasteiger partial charge in [-0.1, -0.05) is 32.6 Å². The molecule has 1 aromatic heterocycles. The summed E-state index contributed by atoms with van der Waals surface area (Å²) in [7, 11) is 1.66. The molecule has 2 heterocycles. The first-order valence-electron chi connectivity index (χ1n) is 12.6. The fourth-order valence-corrected chi connectivity index (χ4v) is 5.26. The predicted molar refractivity (Wildman–Crippen MR) is 131 cm³/mol. The summed E-state index contributed by atoms with van der Waals surface area (Å²) in [6.07, 6.45) is 11.6. The van der Waals surface area contributed by atoms with E-state index in [0.29, 0.717) is 11.8 Å². The first-order chi connectivity index (χ1) is 15.7. The molecule has 32 heavy (non-hydrogen) atoms. The molecule has 0 aliphatic carbocycles. The third kappa shape index (κ3) is 6.90. The van der Waals surface area contributed by atoms with Crippen molar-refractivity contribution in [3.63, 3.8) is 0 Å². The summed E-state index contributed by atoms with van der Waals surface area (Å²) < 4.78 is 5.37. The lowest BCUT2D eigenvalue weighted by atomic mass is 9.79. The van der Waals surface area contributed by atoms with Crippen LogP contribution in [0.4, 0.5) is 0 Å². The van der Waals surface area contributed by atoms with Gasteiger partial charge in [0.05, 0.1) is 18.7 Å². The molecule has 3 atom stereocenters. The van der Waals surface area contributed by atoms with Crippen molar-refractivity contribution in [2.24, 2.45) is 11.8 Å². The van der Waals surface area contributed by atoms with Crippen molar-refractivity contribution in [1.82, 2.24) is 9.88 Å². The number of fused-ring (bicyclic) bond motifs is 1. The van der Waals surface area contributed by atoms with E-state index in [-0.39, 0.29) is 6.61 Å². The number of ether oxygens (including phenoxy) is 1. The number of hydrogen-bond donors (Lipinski definition) is 2. The van der Waals surface area contributed by atoms with E-state index in [1.807, 2.05) is 24.3 Å². The molecular formula is C27H42N2O3. The minimum atomic E-state index is -0.515. The number of pyridine rings is 1. The zero-order valence-electron chi connectivity index (χ0n) is 20.0. The number of nitrogens with zero attached hydrogens (tertiary/aromatic N) is 2. The summed E-state index contributed by atoms with van der Waals surface area (Å²) in [6, 6.07) is 7.75. The van der Waals surface area contributed by atoms with Crippen LogP contribution in [0.1, 0.15) is 76.4 Å². The molecule has 1 aliphatic rings. The molecule has 0 bridgehead atoms. The van der Waals surface area contributed by atoms with Crippen LogP contribution in [0.2, 0.25) is 0 Å². The van der Waals surface area contributed by atoms with Crippen LogP contribution in [0.3, 0.4) is 0 Å². The summed E-state index contributed by atoms with van der Waals surface area (Å²) in [4.78, 5) is 7.03. The summed E-state index contributed by atoms with van der Waals surface area (Å²) in [6.45, 7) is 5.93. The average Bonchev–Trinajstić information content (AvgIpc) is 2.82. The Kier molecular flexibility index (Phi) is 10.2. The second-order valence-electron chi connectivity index (χ2n) is 9.41. The molecule has 0 radical (unpaired) electrons. The molecular weight excluding hydrogens is 400 g/mol. The van der Waals surface area contributed by atoms with E-state index in [9.17, 15) is 10.2 Å². The number of unbranched alkanes of at least 4 members (excludes halogenated alkanes) is 4. The molecule has 1 aliphatic heterocycles. The van der Waals surface area contributed by atoms with Gasteiger partial charge < -0.3 is 19.8 Å². The molecule has 1 fully saturated rings. The van der Waals surface area contributed by atoms with Gasteiger partial charge in [-0.25, -0.2) is 0 Å². The number of aliphatic hydroxyl groups excluding tert-OH is 2. The smallest absolute Gasteiger partial charge is 0.119 e. The summed E-state index contributed by atoms with van der Waals surface area (Å²) in [5, 5.41) is 21.6. The number of benzene rings is 1.